The molecule has 5 heteroatoms. The Kier molecular flexibility index (Phi) is 3.93. The maximum absolute atomic E-state index is 9.46. The first-order valence-electron chi connectivity index (χ1n) is 5.83. The molecule has 18 heavy (non-hydrogen) atoms. The van der Waals surface area contributed by atoms with Crippen LogP contribution in [-0.2, 0) is 6.54 Å². The van der Waals surface area contributed by atoms with Gasteiger partial charge in [0.15, 0.2) is 5.13 Å². The highest BCUT2D eigenvalue weighted by atomic mass is 32.1. The molecule has 0 aliphatic rings. The van der Waals surface area contributed by atoms with Crippen LogP contribution in [0.5, 0.6) is 0 Å². The maximum Gasteiger partial charge on any atom is 0.185 e. The highest BCUT2D eigenvalue weighted by Crippen LogP contribution is 2.23. The van der Waals surface area contributed by atoms with E-state index in [0.29, 0.717) is 6.54 Å². The van der Waals surface area contributed by atoms with Gasteiger partial charge in [0.1, 0.15) is 0 Å². The third-order valence-electron chi connectivity index (χ3n) is 2.61. The van der Waals surface area contributed by atoms with Crippen molar-refractivity contribution >= 4 is 16.5 Å². The lowest BCUT2D eigenvalue weighted by atomic mass is 10.3. The van der Waals surface area contributed by atoms with E-state index in [9.17, 15) is 5.11 Å². The van der Waals surface area contributed by atoms with Gasteiger partial charge in [0.05, 0.1) is 24.0 Å². The highest BCUT2D eigenvalue weighted by Gasteiger charge is 2.11. The number of rotatable bonds is 4. The van der Waals surface area contributed by atoms with Crippen LogP contribution in [0.15, 0.2) is 23.6 Å². The largest absolute Gasteiger partial charge is 0.387 e. The fourth-order valence-electron chi connectivity index (χ4n) is 1.64. The van der Waals surface area contributed by atoms with Crippen molar-refractivity contribution in [1.29, 1.82) is 0 Å². The van der Waals surface area contributed by atoms with Crippen molar-refractivity contribution in [3.05, 3.63) is 40.7 Å². The van der Waals surface area contributed by atoms with Crippen molar-refractivity contribution in [3.63, 3.8) is 0 Å². The maximum atomic E-state index is 9.46. The van der Waals surface area contributed by atoms with Gasteiger partial charge in [-0.3, -0.25) is 4.98 Å². The van der Waals surface area contributed by atoms with Gasteiger partial charge in [0, 0.05) is 18.1 Å². The first-order chi connectivity index (χ1) is 8.56. The second-order valence-corrected chi connectivity index (χ2v) is 5.19. The van der Waals surface area contributed by atoms with Crippen LogP contribution in [0, 0.1) is 6.92 Å². The van der Waals surface area contributed by atoms with E-state index < -0.39 is 6.10 Å². The molecule has 1 atom stereocenters. The van der Waals surface area contributed by atoms with E-state index in [4.69, 9.17) is 0 Å². The van der Waals surface area contributed by atoms with Crippen LogP contribution in [-0.4, -0.2) is 22.1 Å². The van der Waals surface area contributed by atoms with Gasteiger partial charge in [0.2, 0.25) is 0 Å². The molecule has 2 heterocycles. The van der Waals surface area contributed by atoms with E-state index >= 15 is 0 Å². The van der Waals surface area contributed by atoms with Crippen molar-refractivity contribution in [3.8, 4) is 0 Å². The Bertz CT molecular complexity index is 524. The lowest BCUT2D eigenvalue weighted by Gasteiger charge is -2.15. The first-order valence-corrected chi connectivity index (χ1v) is 6.71. The van der Waals surface area contributed by atoms with Crippen molar-refractivity contribution in [2.75, 3.05) is 11.9 Å². The molecule has 96 valence electrons. The summed E-state index contributed by atoms with van der Waals surface area (Å²) in [5.74, 6) is 0. The molecule has 0 fully saturated rings. The Labute approximate surface area is 111 Å². The summed E-state index contributed by atoms with van der Waals surface area (Å²) >= 11 is 1.54. The van der Waals surface area contributed by atoms with Crippen LogP contribution in [0.2, 0.25) is 0 Å². The molecule has 2 aromatic heterocycles. The van der Waals surface area contributed by atoms with Gasteiger partial charge < -0.3 is 10.0 Å². The molecule has 1 unspecified atom stereocenters. The molecule has 1 N–H and O–H groups in total. The molecule has 2 aromatic rings. The highest BCUT2D eigenvalue weighted by molar-refractivity contribution is 7.13. The summed E-state index contributed by atoms with van der Waals surface area (Å²) in [6.07, 6.45) is -0.513. The fourth-order valence-corrected chi connectivity index (χ4v) is 2.52. The Morgan fingerprint density at radius 2 is 2.17 bits per heavy atom. The van der Waals surface area contributed by atoms with Crippen molar-refractivity contribution in [1.82, 2.24) is 9.97 Å². The minimum absolute atomic E-state index is 0.513. The summed E-state index contributed by atoms with van der Waals surface area (Å²) in [6, 6.07) is 6.00. The molecular formula is C13H17N3OS. The first kappa shape index (κ1) is 13.0. The number of aromatic nitrogens is 2. The predicted molar refractivity (Wildman–Crippen MR) is 73.8 cm³/mol. The van der Waals surface area contributed by atoms with Crippen LogP contribution in [0.3, 0.4) is 0 Å². The van der Waals surface area contributed by atoms with E-state index in [1.165, 1.54) is 11.3 Å². The number of aliphatic hydroxyl groups is 1. The predicted octanol–water partition coefficient (Wildman–Crippen LogP) is 2.54. The average Bonchev–Trinajstić information content (AvgIpc) is 2.78. The van der Waals surface area contributed by atoms with Crippen LogP contribution in [0.25, 0.3) is 0 Å². The molecule has 4 nitrogen and oxygen atoms in total. The minimum Gasteiger partial charge on any atom is -0.387 e. The zero-order chi connectivity index (χ0) is 13.1. The summed E-state index contributed by atoms with van der Waals surface area (Å²) < 4.78 is 0. The normalized spacial score (nSPS) is 12.4. The quantitative estimate of drug-likeness (QED) is 0.921. The summed E-state index contributed by atoms with van der Waals surface area (Å²) in [4.78, 5) is 10.9. The van der Waals surface area contributed by atoms with Gasteiger partial charge in [-0.1, -0.05) is 6.07 Å². The summed E-state index contributed by atoms with van der Waals surface area (Å²) in [5, 5.41) is 12.2. The Balaban J connectivity index is 2.09. The minimum atomic E-state index is -0.513. The molecule has 0 amide bonds. The van der Waals surface area contributed by atoms with Gasteiger partial charge in [-0.05, 0) is 26.0 Å². The van der Waals surface area contributed by atoms with E-state index in [2.05, 4.69) is 9.97 Å². The Morgan fingerprint density at radius 1 is 1.39 bits per heavy atom. The number of aryl methyl sites for hydroxylation is 1. The van der Waals surface area contributed by atoms with Crippen molar-refractivity contribution in [2.24, 2.45) is 0 Å². The van der Waals surface area contributed by atoms with Crippen LogP contribution in [0.1, 0.15) is 30.1 Å². The lowest BCUT2D eigenvalue weighted by molar-refractivity contribution is 0.195. The molecule has 0 radical (unpaired) electrons. The van der Waals surface area contributed by atoms with Gasteiger partial charge >= 0.3 is 0 Å². The lowest BCUT2D eigenvalue weighted by Crippen LogP contribution is -2.17. The standard InChI is InChI=1S/C13H17N3OS/c1-9-5-4-6-11(14-9)7-16(3)13-15-12(8-18-13)10(2)17/h4-6,8,10,17H,7H2,1-3H3. The van der Waals surface area contributed by atoms with Gasteiger partial charge in [0.25, 0.3) is 0 Å². The van der Waals surface area contributed by atoms with E-state index in [0.717, 1.165) is 22.2 Å². The molecule has 0 saturated heterocycles. The number of nitrogens with zero attached hydrogens (tertiary/aromatic N) is 3. The van der Waals surface area contributed by atoms with E-state index in [-0.39, 0.29) is 0 Å². The average molecular weight is 263 g/mol. The number of pyridine rings is 1. The zero-order valence-corrected chi connectivity index (χ0v) is 11.6. The van der Waals surface area contributed by atoms with Gasteiger partial charge in [-0.2, -0.15) is 0 Å². The number of anilines is 1. The van der Waals surface area contributed by atoms with Crippen LogP contribution in [0.4, 0.5) is 5.13 Å². The van der Waals surface area contributed by atoms with Crippen LogP contribution >= 0.6 is 11.3 Å². The monoisotopic (exact) mass is 263 g/mol. The second-order valence-electron chi connectivity index (χ2n) is 4.36. The van der Waals surface area contributed by atoms with Crippen LogP contribution < -0.4 is 4.90 Å². The summed E-state index contributed by atoms with van der Waals surface area (Å²) in [6.45, 7) is 4.42. The Hall–Kier alpha value is -1.46. The fraction of sp³-hybridized carbons (Fsp3) is 0.385. The summed E-state index contributed by atoms with van der Waals surface area (Å²) in [5.41, 5.74) is 2.76. The Morgan fingerprint density at radius 3 is 2.78 bits per heavy atom. The topological polar surface area (TPSA) is 49.2 Å². The number of aliphatic hydroxyl groups excluding tert-OH is 1. The molecule has 0 aliphatic heterocycles. The smallest absolute Gasteiger partial charge is 0.185 e. The molecule has 0 spiro atoms. The third kappa shape index (κ3) is 3.05. The van der Waals surface area contributed by atoms with Gasteiger partial charge in [-0.15, -0.1) is 11.3 Å². The number of thiazole rings is 1. The second kappa shape index (κ2) is 5.46. The molecular weight excluding hydrogens is 246 g/mol. The molecule has 0 bridgehead atoms. The number of hydrogen-bond acceptors (Lipinski definition) is 5. The number of hydrogen-bond donors (Lipinski definition) is 1. The van der Waals surface area contributed by atoms with E-state index in [1.807, 2.05) is 42.5 Å². The SMILES string of the molecule is Cc1cccc(CN(C)c2nc(C(C)O)cs2)n1. The van der Waals surface area contributed by atoms with E-state index in [1.54, 1.807) is 6.92 Å². The zero-order valence-electron chi connectivity index (χ0n) is 10.8. The molecule has 0 aliphatic carbocycles. The molecule has 0 aromatic carbocycles. The van der Waals surface area contributed by atoms with Crippen molar-refractivity contribution in [2.45, 2.75) is 26.5 Å². The third-order valence-corrected chi connectivity index (χ3v) is 3.58. The molecule has 2 rings (SSSR count). The van der Waals surface area contributed by atoms with Gasteiger partial charge in [-0.25, -0.2) is 4.98 Å². The van der Waals surface area contributed by atoms with Crippen molar-refractivity contribution < 1.29 is 5.11 Å². The summed E-state index contributed by atoms with van der Waals surface area (Å²) in [7, 11) is 1.98. The molecule has 0 saturated carbocycles.